The van der Waals surface area contributed by atoms with Crippen molar-refractivity contribution in [3.8, 4) is 11.5 Å². The van der Waals surface area contributed by atoms with E-state index in [0.717, 1.165) is 28.0 Å². The third-order valence-electron chi connectivity index (χ3n) is 7.84. The fraction of sp³-hybridized carbons (Fsp3) is 0.242. The van der Waals surface area contributed by atoms with Gasteiger partial charge in [0.15, 0.2) is 0 Å². The Bertz CT molecular complexity index is 1880. The lowest BCUT2D eigenvalue weighted by molar-refractivity contribution is -0.122. The number of nitrogens with zero attached hydrogens (tertiary/aromatic N) is 2. The van der Waals surface area contributed by atoms with E-state index in [4.69, 9.17) is 14.2 Å². The van der Waals surface area contributed by atoms with E-state index < -0.39 is 40.8 Å². The normalized spacial score (nSPS) is 18.5. The van der Waals surface area contributed by atoms with Crippen molar-refractivity contribution in [3.63, 3.8) is 0 Å². The molecule has 1 aromatic heterocycles. The van der Waals surface area contributed by atoms with Gasteiger partial charge in [-0.3, -0.25) is 23.7 Å². The van der Waals surface area contributed by atoms with Crippen LogP contribution in [-0.4, -0.2) is 54.3 Å². The molecule has 4 aromatic rings. The second-order valence-electron chi connectivity index (χ2n) is 10.5. The van der Waals surface area contributed by atoms with Crippen molar-refractivity contribution in [1.82, 2.24) is 4.57 Å². The first-order valence-electron chi connectivity index (χ1n) is 14.4. The predicted octanol–water partition coefficient (Wildman–Crippen LogP) is 4.54. The number of carbonyl (C=O) groups excluding carboxylic acids is 4. The Kier molecular flexibility index (Phi) is 8.69. The molecule has 2 aliphatic rings. The number of para-hydroxylation sites is 1. The Morgan fingerprint density at radius 3 is 2.28 bits per heavy atom. The van der Waals surface area contributed by atoms with E-state index in [1.807, 2.05) is 12.1 Å². The minimum absolute atomic E-state index is 0.215. The van der Waals surface area contributed by atoms with Gasteiger partial charge in [0, 0.05) is 22.0 Å². The quantitative estimate of drug-likeness (QED) is 0.203. The van der Waals surface area contributed by atoms with Crippen LogP contribution in [-0.2, 0) is 25.7 Å². The van der Waals surface area contributed by atoms with Crippen LogP contribution in [0.15, 0.2) is 82.6 Å². The molecule has 3 aromatic carbocycles. The number of nitrogens with one attached hydrogen (secondary N) is 1. The van der Waals surface area contributed by atoms with Crippen LogP contribution in [0.3, 0.4) is 0 Å². The number of fused-ring (bicyclic) bond motifs is 2. The van der Waals surface area contributed by atoms with Gasteiger partial charge in [0.2, 0.25) is 17.7 Å². The first-order valence-corrected chi connectivity index (χ1v) is 16.1. The minimum Gasteiger partial charge on any atom is -0.497 e. The number of hydrogen-bond donors (Lipinski definition) is 1. The molecule has 11 nitrogen and oxygen atoms in total. The molecule has 0 aliphatic carbocycles. The SMILES string of the molecule is CCOC(=O)c1ccc(N2C(=O)[C@H]3[C@H](c4ccccc4OC)c4sc(=O)n(CC(=O)Nc5ccc(OC)cc5)c4S[C@H]3C2=O)cc1. The van der Waals surface area contributed by atoms with E-state index in [-0.39, 0.29) is 18.0 Å². The van der Waals surface area contributed by atoms with Gasteiger partial charge in [0.05, 0.1) is 43.0 Å². The molecule has 3 heterocycles. The molecule has 0 spiro atoms. The Labute approximate surface area is 272 Å². The lowest BCUT2D eigenvalue weighted by Crippen LogP contribution is -2.33. The largest absolute Gasteiger partial charge is 0.497 e. The number of carbonyl (C=O) groups is 4. The van der Waals surface area contributed by atoms with Gasteiger partial charge in [-0.25, -0.2) is 9.69 Å². The molecule has 2 aliphatic heterocycles. The van der Waals surface area contributed by atoms with Crippen molar-refractivity contribution in [2.75, 3.05) is 31.0 Å². The average molecular weight is 660 g/mol. The molecule has 1 saturated heterocycles. The summed E-state index contributed by atoms with van der Waals surface area (Å²) in [5, 5.41) is 2.37. The van der Waals surface area contributed by atoms with Gasteiger partial charge in [-0.05, 0) is 61.5 Å². The number of aromatic nitrogens is 1. The molecule has 3 atom stereocenters. The second-order valence-corrected chi connectivity index (χ2v) is 12.6. The molecule has 0 bridgehead atoms. The number of thioether (sulfide) groups is 1. The van der Waals surface area contributed by atoms with Gasteiger partial charge < -0.3 is 19.5 Å². The first kappa shape index (κ1) is 31.1. The van der Waals surface area contributed by atoms with Gasteiger partial charge in [0.1, 0.15) is 23.3 Å². The summed E-state index contributed by atoms with van der Waals surface area (Å²) < 4.78 is 17.2. The van der Waals surface area contributed by atoms with Crippen LogP contribution < -0.4 is 24.6 Å². The first-order chi connectivity index (χ1) is 22.2. The second kappa shape index (κ2) is 12.9. The Morgan fingerprint density at radius 2 is 1.61 bits per heavy atom. The molecule has 46 heavy (non-hydrogen) atoms. The summed E-state index contributed by atoms with van der Waals surface area (Å²) in [7, 11) is 3.06. The monoisotopic (exact) mass is 659 g/mol. The van der Waals surface area contributed by atoms with Crippen LogP contribution in [0.4, 0.5) is 11.4 Å². The summed E-state index contributed by atoms with van der Waals surface area (Å²) in [6, 6.07) is 20.1. The van der Waals surface area contributed by atoms with E-state index in [1.54, 1.807) is 50.4 Å². The van der Waals surface area contributed by atoms with Crippen molar-refractivity contribution in [2.24, 2.45) is 5.92 Å². The maximum Gasteiger partial charge on any atom is 0.338 e. The summed E-state index contributed by atoms with van der Waals surface area (Å²) in [6.07, 6.45) is 0. The molecule has 13 heteroatoms. The Morgan fingerprint density at radius 1 is 0.891 bits per heavy atom. The number of thiazole rings is 1. The molecule has 0 unspecified atom stereocenters. The zero-order valence-corrected chi connectivity index (χ0v) is 26.7. The van der Waals surface area contributed by atoms with Crippen molar-refractivity contribution in [2.45, 2.75) is 29.7 Å². The van der Waals surface area contributed by atoms with E-state index in [9.17, 15) is 24.0 Å². The van der Waals surface area contributed by atoms with Gasteiger partial charge in [0.25, 0.3) is 0 Å². The fourth-order valence-electron chi connectivity index (χ4n) is 5.75. The number of anilines is 2. The van der Waals surface area contributed by atoms with E-state index in [2.05, 4.69) is 5.32 Å². The summed E-state index contributed by atoms with van der Waals surface area (Å²) in [6.45, 7) is 1.63. The van der Waals surface area contributed by atoms with Crippen LogP contribution in [0.25, 0.3) is 0 Å². The zero-order valence-electron chi connectivity index (χ0n) is 25.1. The molecule has 1 N–H and O–H groups in total. The third kappa shape index (κ3) is 5.56. The van der Waals surface area contributed by atoms with Crippen molar-refractivity contribution in [1.29, 1.82) is 0 Å². The summed E-state index contributed by atoms with van der Waals surface area (Å²) in [5.74, 6) is -2.24. The van der Waals surface area contributed by atoms with Crippen LogP contribution in [0.5, 0.6) is 11.5 Å². The lowest BCUT2D eigenvalue weighted by Gasteiger charge is -2.31. The maximum absolute atomic E-state index is 14.2. The van der Waals surface area contributed by atoms with E-state index in [0.29, 0.717) is 43.9 Å². The van der Waals surface area contributed by atoms with Gasteiger partial charge in [-0.15, -0.1) is 0 Å². The van der Waals surface area contributed by atoms with Crippen LogP contribution in [0, 0.1) is 5.92 Å². The van der Waals surface area contributed by atoms with Crippen molar-refractivity contribution in [3.05, 3.63) is 98.5 Å². The molecule has 1 fully saturated rings. The highest BCUT2D eigenvalue weighted by Crippen LogP contribution is 2.55. The third-order valence-corrected chi connectivity index (χ3v) is 10.4. The summed E-state index contributed by atoms with van der Waals surface area (Å²) in [4.78, 5) is 68.3. The highest BCUT2D eigenvalue weighted by molar-refractivity contribution is 8.00. The standard InChI is InChI=1S/C33H29N3O8S2/c1-4-44-32(40)18-9-13-20(14-10-18)36-29(38)26-25(22-7-5-6-8-23(22)43-3)28-31(45-27(26)30(36)39)35(33(41)46-28)17-24(37)34-19-11-15-21(42-2)16-12-19/h5-16,25-27H,4,17H2,1-3H3,(H,34,37)/t25-,26-,27+/m0/s1. The smallest absolute Gasteiger partial charge is 0.338 e. The van der Waals surface area contributed by atoms with E-state index in [1.165, 1.54) is 35.9 Å². The molecule has 6 rings (SSSR count). The zero-order chi connectivity index (χ0) is 32.5. The van der Waals surface area contributed by atoms with Crippen molar-refractivity contribution >= 4 is 58.2 Å². The summed E-state index contributed by atoms with van der Waals surface area (Å²) >= 11 is 2.07. The number of imide groups is 1. The number of amides is 3. The van der Waals surface area contributed by atoms with Gasteiger partial charge in [-0.1, -0.05) is 41.3 Å². The minimum atomic E-state index is -0.885. The number of benzene rings is 3. The average Bonchev–Trinajstić information content (AvgIpc) is 3.51. The van der Waals surface area contributed by atoms with Crippen LogP contribution in [0.1, 0.15) is 33.6 Å². The Balaban J connectivity index is 1.38. The molecule has 3 amide bonds. The molecular weight excluding hydrogens is 631 g/mol. The molecule has 0 saturated carbocycles. The predicted molar refractivity (Wildman–Crippen MR) is 173 cm³/mol. The lowest BCUT2D eigenvalue weighted by atomic mass is 9.82. The number of esters is 1. The number of methoxy groups -OCH3 is 2. The van der Waals surface area contributed by atoms with Crippen molar-refractivity contribution < 1.29 is 33.4 Å². The van der Waals surface area contributed by atoms with Crippen LogP contribution in [0.2, 0.25) is 0 Å². The van der Waals surface area contributed by atoms with Gasteiger partial charge in [-0.2, -0.15) is 0 Å². The van der Waals surface area contributed by atoms with Gasteiger partial charge >= 0.3 is 10.8 Å². The molecule has 0 radical (unpaired) electrons. The Hall–Kier alpha value is -4.88. The molecular formula is C33H29N3O8S2. The fourth-order valence-corrected chi connectivity index (χ4v) is 8.51. The number of hydrogen-bond acceptors (Lipinski definition) is 10. The van der Waals surface area contributed by atoms with E-state index >= 15 is 0 Å². The highest BCUT2D eigenvalue weighted by atomic mass is 32.2. The molecule has 236 valence electrons. The summed E-state index contributed by atoms with van der Waals surface area (Å²) in [5.41, 5.74) is 1.79. The van der Waals surface area contributed by atoms with Crippen LogP contribution >= 0.6 is 23.1 Å². The highest BCUT2D eigenvalue weighted by Gasteiger charge is 2.57. The maximum atomic E-state index is 14.2. The number of rotatable bonds is 9. The number of ether oxygens (including phenoxy) is 3. The topological polar surface area (TPSA) is 133 Å².